The number of unbranched alkanes of at least 4 members (excludes halogenated alkanes) is 9. The average molecular weight is 363 g/mol. The van der Waals surface area contributed by atoms with E-state index in [0.717, 1.165) is 12.8 Å². The molecule has 0 rings (SSSR count). The van der Waals surface area contributed by atoms with E-state index >= 15 is 0 Å². The standard InChI is InChI=1S/C12H26O4S.C2H5NO2.Na/c1-2-3-4-5-6-7-8-9-10-11-12-16-17(13,14)15;3-1-2(4)5;/h2-12H2,1H3,(H,13,14,15);1,3H2,(H,4,5);/q;;+1/p-1. The fourth-order valence-corrected chi connectivity index (χ4v) is 2.08. The van der Waals surface area contributed by atoms with Gasteiger partial charge >= 0.3 is 40.0 Å². The smallest absolute Gasteiger partial charge is 0.549 e. The molecule has 0 amide bonds. The van der Waals surface area contributed by atoms with Crippen LogP contribution in [0.5, 0.6) is 0 Å². The molecular weight excluding hydrogens is 333 g/mol. The molecule has 7 nitrogen and oxygen atoms in total. The van der Waals surface area contributed by atoms with E-state index in [1.807, 2.05) is 0 Å². The molecular formula is C14H30NNaO6S. The Morgan fingerprint density at radius 1 is 1.00 bits per heavy atom. The number of hydrogen-bond donors (Lipinski definition) is 2. The number of carboxylic acid groups (broad SMARTS) is 1. The molecule has 0 radical (unpaired) electrons. The Labute approximate surface area is 162 Å². The van der Waals surface area contributed by atoms with Crippen LogP contribution in [0.2, 0.25) is 0 Å². The third-order valence-electron chi connectivity index (χ3n) is 2.90. The van der Waals surface area contributed by atoms with Gasteiger partial charge < -0.3 is 15.6 Å². The number of hydrogen-bond acceptors (Lipinski definition) is 6. The van der Waals surface area contributed by atoms with Gasteiger partial charge in [-0.3, -0.25) is 4.55 Å². The van der Waals surface area contributed by atoms with Crippen molar-refractivity contribution < 1.29 is 56.6 Å². The zero-order chi connectivity index (χ0) is 17.3. The summed E-state index contributed by atoms with van der Waals surface area (Å²) in [6.45, 7) is 1.92. The maximum absolute atomic E-state index is 10.2. The average Bonchev–Trinajstić information content (AvgIpc) is 2.44. The first-order chi connectivity index (χ1) is 10.3. The first-order valence-electron chi connectivity index (χ1n) is 7.85. The predicted molar refractivity (Wildman–Crippen MR) is 83.4 cm³/mol. The summed E-state index contributed by atoms with van der Waals surface area (Å²) in [4.78, 5) is 9.13. The predicted octanol–water partition coefficient (Wildman–Crippen LogP) is -1.57. The number of carbonyl (C=O) groups excluding carboxylic acids is 1. The zero-order valence-corrected chi connectivity index (χ0v) is 17.3. The van der Waals surface area contributed by atoms with Gasteiger partial charge in [0.25, 0.3) is 0 Å². The van der Waals surface area contributed by atoms with Crippen molar-refractivity contribution in [1.82, 2.24) is 0 Å². The Hall–Kier alpha value is 0.300. The monoisotopic (exact) mass is 363 g/mol. The summed E-state index contributed by atoms with van der Waals surface area (Å²) in [7, 11) is -4.23. The topological polar surface area (TPSA) is 130 Å². The normalized spacial score (nSPS) is 10.4. The van der Waals surface area contributed by atoms with Crippen LogP contribution in [-0.4, -0.2) is 32.1 Å². The zero-order valence-electron chi connectivity index (χ0n) is 14.5. The van der Waals surface area contributed by atoms with Crippen LogP contribution < -0.4 is 40.4 Å². The van der Waals surface area contributed by atoms with E-state index in [1.54, 1.807) is 0 Å². The Kier molecular flexibility index (Phi) is 24.9. The molecule has 0 aliphatic heterocycles. The number of carboxylic acids is 1. The van der Waals surface area contributed by atoms with Crippen LogP contribution in [0, 0.1) is 0 Å². The van der Waals surface area contributed by atoms with Crippen molar-refractivity contribution in [2.45, 2.75) is 71.1 Å². The van der Waals surface area contributed by atoms with Gasteiger partial charge in [0, 0.05) is 6.54 Å². The molecule has 0 aliphatic rings. The molecule has 0 aromatic heterocycles. The third kappa shape index (κ3) is 34.6. The molecule has 0 atom stereocenters. The van der Waals surface area contributed by atoms with Crippen molar-refractivity contribution >= 4 is 16.4 Å². The largest absolute Gasteiger partial charge is 1.00 e. The van der Waals surface area contributed by atoms with Crippen molar-refractivity contribution in [3.05, 3.63) is 0 Å². The second-order valence-electron chi connectivity index (χ2n) is 5.01. The van der Waals surface area contributed by atoms with E-state index in [0.29, 0.717) is 6.42 Å². The summed E-state index contributed by atoms with van der Waals surface area (Å²) in [5.74, 6) is -1.22. The molecule has 0 saturated heterocycles. The second kappa shape index (κ2) is 20.3. The molecule has 9 heteroatoms. The number of rotatable bonds is 13. The van der Waals surface area contributed by atoms with Crippen molar-refractivity contribution in [2.24, 2.45) is 5.73 Å². The summed E-state index contributed by atoms with van der Waals surface area (Å²) in [5, 5.41) is 9.13. The Bertz CT molecular complexity index is 351. The van der Waals surface area contributed by atoms with Gasteiger partial charge in [-0.05, 0) is 6.42 Å². The van der Waals surface area contributed by atoms with Gasteiger partial charge in [-0.2, -0.15) is 8.42 Å². The molecule has 0 spiro atoms. The number of carbonyl (C=O) groups is 1. The minimum atomic E-state index is -4.23. The summed E-state index contributed by atoms with van der Waals surface area (Å²) in [5.41, 5.74) is 4.51. The van der Waals surface area contributed by atoms with Crippen LogP contribution in [-0.2, 0) is 19.4 Å². The maximum Gasteiger partial charge on any atom is 1.00 e. The molecule has 0 aromatic carbocycles. The fraction of sp³-hybridized carbons (Fsp3) is 0.929. The molecule has 0 aliphatic carbocycles. The summed E-state index contributed by atoms with van der Waals surface area (Å²) in [6.07, 6.45) is 11.9. The van der Waals surface area contributed by atoms with Gasteiger partial charge in [0.1, 0.15) is 0 Å². The Balaban J connectivity index is -0.000000578. The SMILES string of the molecule is CCCCCCCCCCCCOS(=O)(=O)O.NCC(=O)[O-].[Na+]. The van der Waals surface area contributed by atoms with Gasteiger partial charge in [-0.1, -0.05) is 64.7 Å². The van der Waals surface area contributed by atoms with E-state index < -0.39 is 16.4 Å². The molecule has 0 aromatic rings. The quantitative estimate of drug-likeness (QED) is 0.230. The van der Waals surface area contributed by atoms with Crippen molar-refractivity contribution in [2.75, 3.05) is 13.2 Å². The van der Waals surface area contributed by atoms with E-state index in [4.69, 9.17) is 14.5 Å². The number of aliphatic carboxylic acids is 1. The second-order valence-corrected chi connectivity index (χ2v) is 6.10. The van der Waals surface area contributed by atoms with Crippen LogP contribution in [0.1, 0.15) is 71.1 Å². The molecule has 0 unspecified atom stereocenters. The van der Waals surface area contributed by atoms with E-state index in [2.05, 4.69) is 16.8 Å². The van der Waals surface area contributed by atoms with Gasteiger partial charge in [0.2, 0.25) is 0 Å². The Morgan fingerprint density at radius 3 is 1.65 bits per heavy atom. The molecule has 3 N–H and O–H groups in total. The van der Waals surface area contributed by atoms with Gasteiger partial charge in [0.05, 0.1) is 12.6 Å². The van der Waals surface area contributed by atoms with Crippen molar-refractivity contribution in [3.8, 4) is 0 Å². The minimum absolute atomic E-state index is 0. The first kappa shape index (κ1) is 28.1. The van der Waals surface area contributed by atoms with E-state index in [-0.39, 0.29) is 42.7 Å². The maximum atomic E-state index is 10.2. The van der Waals surface area contributed by atoms with Gasteiger partial charge in [-0.15, -0.1) is 0 Å². The summed E-state index contributed by atoms with van der Waals surface area (Å²) in [6, 6.07) is 0. The molecule has 0 bridgehead atoms. The summed E-state index contributed by atoms with van der Waals surface area (Å²) < 4.78 is 33.0. The third-order valence-corrected chi connectivity index (χ3v) is 3.36. The van der Waals surface area contributed by atoms with E-state index in [1.165, 1.54) is 44.9 Å². The van der Waals surface area contributed by atoms with Crippen molar-refractivity contribution in [1.29, 1.82) is 0 Å². The molecule has 23 heavy (non-hydrogen) atoms. The van der Waals surface area contributed by atoms with Crippen LogP contribution in [0.4, 0.5) is 0 Å². The van der Waals surface area contributed by atoms with Crippen LogP contribution in [0.15, 0.2) is 0 Å². The summed E-state index contributed by atoms with van der Waals surface area (Å²) >= 11 is 0. The fourth-order valence-electron chi connectivity index (χ4n) is 1.75. The van der Waals surface area contributed by atoms with Crippen molar-refractivity contribution in [3.63, 3.8) is 0 Å². The molecule has 0 heterocycles. The molecule has 0 saturated carbocycles. The van der Waals surface area contributed by atoms with Crippen LogP contribution in [0.3, 0.4) is 0 Å². The molecule has 0 fully saturated rings. The minimum Gasteiger partial charge on any atom is -0.549 e. The molecule has 134 valence electrons. The van der Waals surface area contributed by atoms with Crippen LogP contribution in [0.25, 0.3) is 0 Å². The van der Waals surface area contributed by atoms with Gasteiger partial charge in [-0.25, -0.2) is 4.18 Å². The van der Waals surface area contributed by atoms with Crippen LogP contribution >= 0.6 is 0 Å². The number of nitrogens with two attached hydrogens (primary N) is 1. The van der Waals surface area contributed by atoms with Gasteiger partial charge in [0.15, 0.2) is 0 Å². The Morgan fingerprint density at radius 2 is 1.35 bits per heavy atom. The van der Waals surface area contributed by atoms with E-state index in [9.17, 15) is 8.42 Å². The first-order valence-corrected chi connectivity index (χ1v) is 9.21.